The molecule has 1 aliphatic rings. The van der Waals surface area contributed by atoms with Gasteiger partial charge in [0, 0.05) is 50.7 Å². The average Bonchev–Trinajstić information content (AvgIpc) is 3.08. The predicted octanol–water partition coefficient (Wildman–Crippen LogP) is 1.35. The van der Waals surface area contributed by atoms with Crippen LogP contribution >= 0.6 is 0 Å². The molecule has 2 heterocycles. The number of piperidine rings is 1. The van der Waals surface area contributed by atoms with Gasteiger partial charge in [-0.15, -0.1) is 0 Å². The zero-order valence-corrected chi connectivity index (χ0v) is 18.6. The maximum atomic E-state index is 12.8. The van der Waals surface area contributed by atoms with Crippen LogP contribution in [0.5, 0.6) is 0 Å². The van der Waals surface area contributed by atoms with E-state index in [1.54, 1.807) is 42.8 Å². The number of rotatable bonds is 7. The zero-order valence-electron chi connectivity index (χ0n) is 17.8. The fourth-order valence-electron chi connectivity index (χ4n) is 3.39. The van der Waals surface area contributed by atoms with Crippen molar-refractivity contribution in [2.24, 2.45) is 13.0 Å². The van der Waals surface area contributed by atoms with E-state index >= 15 is 0 Å². The number of carbonyl (C=O) groups is 2. The molecule has 2 N–H and O–H groups in total. The van der Waals surface area contributed by atoms with Crippen LogP contribution in [0.1, 0.15) is 18.7 Å². The number of aromatic nitrogens is 2. The number of benzene rings is 1. The molecule has 0 spiro atoms. The van der Waals surface area contributed by atoms with E-state index in [-0.39, 0.29) is 42.5 Å². The molecule has 11 heteroatoms. The summed E-state index contributed by atoms with van der Waals surface area (Å²) < 4.78 is 33.4. The number of nitrogens with zero attached hydrogens (tertiary/aromatic N) is 3. The van der Waals surface area contributed by atoms with Gasteiger partial charge in [0.25, 0.3) is 10.0 Å². The van der Waals surface area contributed by atoms with Gasteiger partial charge in [-0.1, -0.05) is 6.07 Å². The van der Waals surface area contributed by atoms with Crippen LogP contribution in [0, 0.1) is 12.8 Å². The summed E-state index contributed by atoms with van der Waals surface area (Å²) >= 11 is 0. The lowest BCUT2D eigenvalue weighted by Gasteiger charge is -2.30. The second-order valence-corrected chi connectivity index (χ2v) is 9.35. The van der Waals surface area contributed by atoms with E-state index in [0.717, 1.165) is 0 Å². The quantitative estimate of drug-likeness (QED) is 0.658. The van der Waals surface area contributed by atoms with E-state index in [1.807, 2.05) is 0 Å². The lowest BCUT2D eigenvalue weighted by Crippen LogP contribution is -2.41. The Hall–Kier alpha value is -2.76. The smallest absolute Gasteiger partial charge is 0.262 e. The Morgan fingerprint density at radius 1 is 1.19 bits per heavy atom. The van der Waals surface area contributed by atoms with Crippen LogP contribution < -0.4 is 10.6 Å². The molecule has 10 nitrogen and oxygen atoms in total. The molecule has 0 bridgehead atoms. The summed E-state index contributed by atoms with van der Waals surface area (Å²) in [5.41, 5.74) is 1.10. The Labute approximate surface area is 181 Å². The van der Waals surface area contributed by atoms with Gasteiger partial charge in [-0.3, -0.25) is 9.59 Å². The highest BCUT2D eigenvalue weighted by atomic mass is 32.2. The summed E-state index contributed by atoms with van der Waals surface area (Å²) in [6, 6.07) is 6.83. The maximum absolute atomic E-state index is 12.8. The summed E-state index contributed by atoms with van der Waals surface area (Å²) in [5, 5.41) is 5.56. The first-order valence-corrected chi connectivity index (χ1v) is 11.3. The minimum Gasteiger partial charge on any atom is -0.375 e. The number of aryl methyl sites for hydroxylation is 2. The number of amides is 2. The van der Waals surface area contributed by atoms with E-state index < -0.39 is 10.0 Å². The highest BCUT2D eigenvalue weighted by Crippen LogP contribution is 2.25. The molecule has 1 fully saturated rings. The molecule has 31 heavy (non-hydrogen) atoms. The van der Waals surface area contributed by atoms with Gasteiger partial charge in [-0.2, -0.15) is 4.31 Å². The van der Waals surface area contributed by atoms with Crippen molar-refractivity contribution in [2.75, 3.05) is 37.4 Å². The number of imidazole rings is 1. The van der Waals surface area contributed by atoms with Crippen LogP contribution in [-0.4, -0.2) is 60.9 Å². The minimum atomic E-state index is -3.67. The number of sulfonamides is 1. The molecule has 2 amide bonds. The van der Waals surface area contributed by atoms with Crippen LogP contribution in [0.25, 0.3) is 0 Å². The average molecular weight is 450 g/mol. The first-order chi connectivity index (χ1) is 14.7. The Kier molecular flexibility index (Phi) is 7.08. The summed E-state index contributed by atoms with van der Waals surface area (Å²) in [7, 11) is -0.494. The number of hydrogen-bond donors (Lipinski definition) is 2. The van der Waals surface area contributed by atoms with E-state index in [9.17, 15) is 18.0 Å². The van der Waals surface area contributed by atoms with E-state index in [1.165, 1.54) is 17.6 Å². The number of carbonyl (C=O) groups excluding carboxylic acids is 2. The molecule has 168 valence electrons. The first kappa shape index (κ1) is 22.9. The predicted molar refractivity (Wildman–Crippen MR) is 115 cm³/mol. The molecule has 0 unspecified atom stereocenters. The van der Waals surface area contributed by atoms with Crippen LogP contribution in [0.3, 0.4) is 0 Å². The van der Waals surface area contributed by atoms with Crippen molar-refractivity contribution in [3.63, 3.8) is 0 Å². The van der Waals surface area contributed by atoms with Gasteiger partial charge in [0.1, 0.15) is 12.4 Å². The number of anilines is 2. The van der Waals surface area contributed by atoms with Crippen LogP contribution in [0.2, 0.25) is 0 Å². The lowest BCUT2D eigenvalue weighted by atomic mass is 9.97. The zero-order chi connectivity index (χ0) is 22.6. The van der Waals surface area contributed by atoms with Crippen molar-refractivity contribution in [1.29, 1.82) is 0 Å². The van der Waals surface area contributed by atoms with Gasteiger partial charge >= 0.3 is 0 Å². The second-order valence-electron chi connectivity index (χ2n) is 7.47. The highest BCUT2D eigenvalue weighted by molar-refractivity contribution is 7.89. The first-order valence-electron chi connectivity index (χ1n) is 9.90. The molecule has 1 aliphatic heterocycles. The monoisotopic (exact) mass is 449 g/mol. The third kappa shape index (κ3) is 5.49. The van der Waals surface area contributed by atoms with Crippen molar-refractivity contribution in [1.82, 2.24) is 13.9 Å². The molecular weight excluding hydrogens is 422 g/mol. The van der Waals surface area contributed by atoms with Gasteiger partial charge in [0.15, 0.2) is 5.03 Å². The third-order valence-electron chi connectivity index (χ3n) is 5.20. The molecule has 1 aromatic heterocycles. The summed E-state index contributed by atoms with van der Waals surface area (Å²) in [6.45, 7) is 2.19. The number of hydrogen-bond acceptors (Lipinski definition) is 6. The summed E-state index contributed by atoms with van der Waals surface area (Å²) in [5.74, 6) is -0.147. The fourth-order valence-corrected chi connectivity index (χ4v) is 4.88. The summed E-state index contributed by atoms with van der Waals surface area (Å²) in [4.78, 5) is 28.4. The van der Waals surface area contributed by atoms with Gasteiger partial charge in [0.2, 0.25) is 11.8 Å². The Bertz CT molecular complexity index is 1040. The number of methoxy groups -OCH3 is 1. The largest absolute Gasteiger partial charge is 0.375 e. The Morgan fingerprint density at radius 2 is 1.84 bits per heavy atom. The van der Waals surface area contributed by atoms with Crippen LogP contribution in [0.15, 0.2) is 35.5 Å². The van der Waals surface area contributed by atoms with Crippen LogP contribution in [-0.2, 0) is 31.4 Å². The standard InChI is InChI=1S/C20H27N5O5S/c1-14-21-19(12-24(14)2)31(28,29)25-9-7-15(8-10-25)20(27)23-17-6-4-5-16(11-17)22-18(26)13-30-3/h4-6,11-12,15H,7-10,13H2,1-3H3,(H,22,26)(H,23,27). The van der Waals surface area contributed by atoms with Gasteiger partial charge < -0.3 is 19.9 Å². The van der Waals surface area contributed by atoms with Crippen molar-refractivity contribution < 1.29 is 22.7 Å². The molecule has 3 rings (SSSR count). The Morgan fingerprint density at radius 3 is 2.42 bits per heavy atom. The van der Waals surface area contributed by atoms with E-state index in [4.69, 9.17) is 4.74 Å². The minimum absolute atomic E-state index is 0.0303. The second kappa shape index (κ2) is 9.58. The van der Waals surface area contributed by atoms with E-state index in [2.05, 4.69) is 15.6 Å². The van der Waals surface area contributed by atoms with Crippen molar-refractivity contribution in [3.8, 4) is 0 Å². The van der Waals surface area contributed by atoms with Crippen molar-refractivity contribution in [3.05, 3.63) is 36.3 Å². The van der Waals surface area contributed by atoms with Crippen LogP contribution in [0.4, 0.5) is 11.4 Å². The van der Waals surface area contributed by atoms with Gasteiger partial charge in [0.05, 0.1) is 0 Å². The third-order valence-corrected chi connectivity index (χ3v) is 6.98. The maximum Gasteiger partial charge on any atom is 0.262 e. The molecule has 0 atom stereocenters. The highest BCUT2D eigenvalue weighted by Gasteiger charge is 2.33. The SMILES string of the molecule is COCC(=O)Nc1cccc(NC(=O)C2CCN(S(=O)(=O)c3cn(C)c(C)n3)CC2)c1. The van der Waals surface area contributed by atoms with Crippen molar-refractivity contribution in [2.45, 2.75) is 24.8 Å². The molecule has 0 aliphatic carbocycles. The topological polar surface area (TPSA) is 123 Å². The fraction of sp³-hybridized carbons (Fsp3) is 0.450. The molecule has 0 saturated carbocycles. The molecular formula is C20H27N5O5S. The molecule has 0 radical (unpaired) electrons. The normalized spacial score (nSPS) is 15.6. The lowest BCUT2D eigenvalue weighted by molar-refractivity contribution is -0.121. The molecule has 1 saturated heterocycles. The Balaban J connectivity index is 1.57. The van der Waals surface area contributed by atoms with Gasteiger partial charge in [-0.05, 0) is 38.0 Å². The van der Waals surface area contributed by atoms with E-state index in [0.29, 0.717) is 30.0 Å². The van der Waals surface area contributed by atoms with Gasteiger partial charge in [-0.25, -0.2) is 13.4 Å². The number of ether oxygens (including phenoxy) is 1. The number of nitrogens with one attached hydrogen (secondary N) is 2. The summed E-state index contributed by atoms with van der Waals surface area (Å²) in [6.07, 6.45) is 2.34. The molecule has 2 aromatic rings. The molecule has 1 aromatic carbocycles. The van der Waals surface area contributed by atoms with Crippen molar-refractivity contribution >= 4 is 33.2 Å².